The topological polar surface area (TPSA) is 65.9 Å². The van der Waals surface area contributed by atoms with Crippen molar-refractivity contribution in [2.24, 2.45) is 0 Å². The Balaban J connectivity index is 1.70. The molecule has 3 aromatic heterocycles. The van der Waals surface area contributed by atoms with Crippen LogP contribution < -0.4 is 4.90 Å². The summed E-state index contributed by atoms with van der Waals surface area (Å²) in [6.45, 7) is 7.47. The van der Waals surface area contributed by atoms with Crippen molar-refractivity contribution in [3.63, 3.8) is 0 Å². The molecule has 0 saturated carbocycles. The molecule has 0 spiro atoms. The van der Waals surface area contributed by atoms with Crippen molar-refractivity contribution in [3.05, 3.63) is 24.2 Å². The molecule has 0 bridgehead atoms. The summed E-state index contributed by atoms with van der Waals surface area (Å²) in [6, 6.07) is 2.83. The van der Waals surface area contributed by atoms with Crippen molar-refractivity contribution in [1.82, 2.24) is 29.9 Å². The van der Waals surface area contributed by atoms with Gasteiger partial charge in [-0.05, 0) is 52.9 Å². The van der Waals surface area contributed by atoms with Gasteiger partial charge in [0.15, 0.2) is 0 Å². The molecule has 0 amide bonds. The minimum absolute atomic E-state index is 0.321. The molecule has 0 aliphatic carbocycles. The van der Waals surface area contributed by atoms with Gasteiger partial charge in [0.05, 0.1) is 29.3 Å². The molecule has 0 atom stereocenters. The van der Waals surface area contributed by atoms with E-state index in [9.17, 15) is 0 Å². The van der Waals surface area contributed by atoms with Crippen molar-refractivity contribution in [2.45, 2.75) is 45.3 Å². The first-order valence-electron chi connectivity index (χ1n) is 9.48. The molecule has 26 heavy (non-hydrogen) atoms. The Kier molecular flexibility index (Phi) is 3.53. The van der Waals surface area contributed by atoms with Crippen LogP contribution in [0.1, 0.15) is 38.4 Å². The zero-order valence-corrected chi connectivity index (χ0v) is 15.6. The van der Waals surface area contributed by atoms with Gasteiger partial charge >= 0.3 is 0 Å². The average Bonchev–Trinajstić information content (AvgIpc) is 3.21. The lowest BCUT2D eigenvalue weighted by molar-refractivity contribution is 0.248. The Bertz CT molecular complexity index is 946. The van der Waals surface area contributed by atoms with Gasteiger partial charge in [-0.25, -0.2) is 4.98 Å². The summed E-state index contributed by atoms with van der Waals surface area (Å²) < 4.78 is 2.14. The first-order chi connectivity index (χ1) is 12.6. The van der Waals surface area contributed by atoms with Gasteiger partial charge < -0.3 is 9.80 Å². The number of likely N-dealkylation sites (tertiary alicyclic amines) is 1. The summed E-state index contributed by atoms with van der Waals surface area (Å²) in [5.74, 6) is 1.06. The summed E-state index contributed by atoms with van der Waals surface area (Å²) >= 11 is 0. The molecule has 7 heteroatoms. The minimum atomic E-state index is 0.321. The second-order valence-electron chi connectivity index (χ2n) is 7.83. The highest BCUT2D eigenvalue weighted by molar-refractivity contribution is 6.02. The van der Waals surface area contributed by atoms with Crippen LogP contribution in [0.15, 0.2) is 18.5 Å². The average molecular weight is 351 g/mol. The van der Waals surface area contributed by atoms with Gasteiger partial charge in [-0.15, -0.1) is 0 Å². The van der Waals surface area contributed by atoms with Crippen LogP contribution in [0.5, 0.6) is 0 Å². The number of rotatable bonds is 2. The predicted octanol–water partition coefficient (Wildman–Crippen LogP) is 2.82. The minimum Gasteiger partial charge on any atom is -0.347 e. The standard InChI is InChI=1S/C19H25N7/c1-12(2)26-16-11-25(13-5-8-24(3)9-6-13)19-17-15(4-7-20-19)22-23-18(17)14(16)10-21-26/h4,7,10,12-13H,5-6,8-9,11H2,1-3H3,(H,22,23). The number of aromatic amines is 1. The fraction of sp³-hybridized carbons (Fsp3) is 0.526. The van der Waals surface area contributed by atoms with E-state index in [4.69, 9.17) is 4.98 Å². The van der Waals surface area contributed by atoms with E-state index in [1.54, 1.807) is 0 Å². The van der Waals surface area contributed by atoms with Gasteiger partial charge in [0.25, 0.3) is 0 Å². The molecule has 1 saturated heterocycles. The highest BCUT2D eigenvalue weighted by Gasteiger charge is 2.32. The molecule has 0 unspecified atom stereocenters. The Morgan fingerprint density at radius 1 is 1.23 bits per heavy atom. The van der Waals surface area contributed by atoms with E-state index in [0.717, 1.165) is 60.5 Å². The maximum absolute atomic E-state index is 4.81. The molecule has 1 fully saturated rings. The van der Waals surface area contributed by atoms with Gasteiger partial charge in [0.1, 0.15) is 11.5 Å². The second-order valence-corrected chi connectivity index (χ2v) is 7.83. The molecule has 2 aliphatic rings. The maximum Gasteiger partial charge on any atom is 0.140 e. The predicted molar refractivity (Wildman–Crippen MR) is 102 cm³/mol. The molecule has 7 nitrogen and oxygen atoms in total. The summed E-state index contributed by atoms with van der Waals surface area (Å²) in [5.41, 5.74) is 4.41. The summed E-state index contributed by atoms with van der Waals surface area (Å²) in [5, 5.41) is 13.6. The van der Waals surface area contributed by atoms with Crippen LogP contribution in [0.4, 0.5) is 5.82 Å². The Morgan fingerprint density at radius 3 is 2.81 bits per heavy atom. The molecule has 5 heterocycles. The third-order valence-corrected chi connectivity index (χ3v) is 5.82. The van der Waals surface area contributed by atoms with E-state index in [-0.39, 0.29) is 0 Å². The lowest BCUT2D eigenvalue weighted by Gasteiger charge is -2.38. The molecule has 5 rings (SSSR count). The van der Waals surface area contributed by atoms with Crippen LogP contribution >= 0.6 is 0 Å². The fourth-order valence-electron chi connectivity index (χ4n) is 4.39. The van der Waals surface area contributed by atoms with Crippen LogP contribution in [-0.2, 0) is 6.54 Å². The van der Waals surface area contributed by atoms with Crippen LogP contribution in [0.2, 0.25) is 0 Å². The quantitative estimate of drug-likeness (QED) is 0.769. The second kappa shape index (κ2) is 5.81. The van der Waals surface area contributed by atoms with Crippen molar-refractivity contribution in [1.29, 1.82) is 0 Å². The number of piperidine rings is 1. The number of H-pyrrole nitrogens is 1. The smallest absolute Gasteiger partial charge is 0.140 e. The monoisotopic (exact) mass is 351 g/mol. The third-order valence-electron chi connectivity index (χ3n) is 5.82. The number of aromatic nitrogens is 5. The number of pyridine rings is 1. The van der Waals surface area contributed by atoms with E-state index in [2.05, 4.69) is 50.7 Å². The van der Waals surface area contributed by atoms with Gasteiger partial charge in [-0.2, -0.15) is 10.2 Å². The number of hydrogen-bond acceptors (Lipinski definition) is 5. The Morgan fingerprint density at radius 2 is 2.04 bits per heavy atom. The van der Waals surface area contributed by atoms with E-state index in [1.807, 2.05) is 18.5 Å². The molecule has 1 N–H and O–H groups in total. The van der Waals surface area contributed by atoms with Crippen molar-refractivity contribution < 1.29 is 0 Å². The SMILES string of the molecule is CC(C)n1ncc2c1CN(C1CCN(C)CC1)c1nccc3[nH]nc-2c13. The normalized spacial score (nSPS) is 18.5. The number of fused-ring (bicyclic) bond motifs is 2. The lowest BCUT2D eigenvalue weighted by atomic mass is 10.0. The fourth-order valence-corrected chi connectivity index (χ4v) is 4.39. The van der Waals surface area contributed by atoms with Crippen molar-refractivity contribution >= 4 is 16.7 Å². The van der Waals surface area contributed by atoms with Crippen LogP contribution in [0, 0.1) is 0 Å². The number of nitrogens with zero attached hydrogens (tertiary/aromatic N) is 6. The van der Waals surface area contributed by atoms with Crippen molar-refractivity contribution in [2.75, 3.05) is 25.0 Å². The molecule has 3 aromatic rings. The summed E-state index contributed by atoms with van der Waals surface area (Å²) in [4.78, 5) is 9.72. The zero-order chi connectivity index (χ0) is 17.8. The summed E-state index contributed by atoms with van der Waals surface area (Å²) in [7, 11) is 2.21. The van der Waals surface area contributed by atoms with Crippen LogP contribution in [0.25, 0.3) is 22.2 Å². The zero-order valence-electron chi connectivity index (χ0n) is 15.6. The highest BCUT2D eigenvalue weighted by Crippen LogP contribution is 2.40. The molecular weight excluding hydrogens is 326 g/mol. The third kappa shape index (κ3) is 2.26. The van der Waals surface area contributed by atoms with Gasteiger partial charge in [-0.3, -0.25) is 9.78 Å². The maximum atomic E-state index is 4.81. The number of hydrogen-bond donors (Lipinski definition) is 1. The molecule has 0 radical (unpaired) electrons. The van der Waals surface area contributed by atoms with Gasteiger partial charge in [0, 0.05) is 23.8 Å². The Labute approximate surface area is 153 Å². The van der Waals surface area contributed by atoms with E-state index >= 15 is 0 Å². The van der Waals surface area contributed by atoms with Crippen molar-refractivity contribution in [3.8, 4) is 11.3 Å². The molecule has 136 valence electrons. The van der Waals surface area contributed by atoms with Gasteiger partial charge in [0.2, 0.25) is 0 Å². The highest BCUT2D eigenvalue weighted by atomic mass is 15.3. The lowest BCUT2D eigenvalue weighted by Crippen LogP contribution is -2.44. The largest absolute Gasteiger partial charge is 0.347 e. The molecular formula is C19H25N7. The molecule has 2 aliphatic heterocycles. The molecule has 0 aromatic carbocycles. The summed E-state index contributed by atoms with van der Waals surface area (Å²) in [6.07, 6.45) is 6.19. The first kappa shape index (κ1) is 15.8. The first-order valence-corrected chi connectivity index (χ1v) is 9.48. The number of anilines is 1. The van der Waals surface area contributed by atoms with Crippen LogP contribution in [-0.4, -0.2) is 56.0 Å². The van der Waals surface area contributed by atoms with E-state index in [0.29, 0.717) is 12.1 Å². The number of nitrogens with one attached hydrogen (secondary N) is 1. The van der Waals surface area contributed by atoms with E-state index in [1.165, 1.54) is 5.69 Å². The van der Waals surface area contributed by atoms with E-state index < -0.39 is 0 Å². The Hall–Kier alpha value is -2.41. The van der Waals surface area contributed by atoms with Crippen LogP contribution in [0.3, 0.4) is 0 Å². The van der Waals surface area contributed by atoms with Gasteiger partial charge in [-0.1, -0.05) is 0 Å².